The van der Waals surface area contributed by atoms with Gasteiger partial charge >= 0.3 is 0 Å². The SMILES string of the molecule is CCNC(=NCC(CO)c1ccccc1)NCCC(=O)Nc1ccc(Br)cc1. The van der Waals surface area contributed by atoms with E-state index in [2.05, 4.69) is 36.9 Å². The molecule has 2 aromatic carbocycles. The smallest absolute Gasteiger partial charge is 0.226 e. The molecule has 1 unspecified atom stereocenters. The lowest BCUT2D eigenvalue weighted by atomic mass is 10.0. The van der Waals surface area contributed by atoms with Crippen LogP contribution in [0.4, 0.5) is 5.69 Å². The number of nitrogens with one attached hydrogen (secondary N) is 3. The Labute approximate surface area is 174 Å². The number of hydrogen-bond acceptors (Lipinski definition) is 3. The van der Waals surface area contributed by atoms with Crippen molar-refractivity contribution in [2.24, 2.45) is 4.99 Å². The Hall–Kier alpha value is -2.38. The number of carbonyl (C=O) groups is 1. The standard InChI is InChI=1S/C21H27BrN4O2/c1-2-23-21(25-14-17(15-27)16-6-4-3-5-7-16)24-13-12-20(28)26-19-10-8-18(22)9-11-19/h3-11,17,27H,2,12-15H2,1H3,(H,26,28)(H2,23,24,25). The van der Waals surface area contributed by atoms with Gasteiger partial charge in [0, 0.05) is 35.6 Å². The molecule has 1 atom stereocenters. The second kappa shape index (κ2) is 12.2. The third-order valence-corrected chi connectivity index (χ3v) is 4.61. The van der Waals surface area contributed by atoms with Crippen LogP contribution in [-0.2, 0) is 4.79 Å². The molecule has 0 bridgehead atoms. The highest BCUT2D eigenvalue weighted by atomic mass is 79.9. The van der Waals surface area contributed by atoms with E-state index in [1.807, 2.05) is 61.5 Å². The lowest BCUT2D eigenvalue weighted by molar-refractivity contribution is -0.116. The number of aliphatic imine (C=N–C) groups is 1. The van der Waals surface area contributed by atoms with Crippen LogP contribution in [0.3, 0.4) is 0 Å². The summed E-state index contributed by atoms with van der Waals surface area (Å²) in [6.07, 6.45) is 0.322. The number of benzene rings is 2. The molecule has 0 saturated carbocycles. The molecule has 1 amide bonds. The lowest BCUT2D eigenvalue weighted by Gasteiger charge is -2.15. The summed E-state index contributed by atoms with van der Waals surface area (Å²) in [5.74, 6) is 0.508. The minimum Gasteiger partial charge on any atom is -0.396 e. The number of nitrogens with zero attached hydrogens (tertiary/aromatic N) is 1. The summed E-state index contributed by atoms with van der Waals surface area (Å²) in [5, 5.41) is 18.9. The predicted molar refractivity (Wildman–Crippen MR) is 118 cm³/mol. The summed E-state index contributed by atoms with van der Waals surface area (Å²) < 4.78 is 0.968. The molecular formula is C21H27BrN4O2. The molecule has 6 nitrogen and oxygen atoms in total. The molecule has 0 aliphatic carbocycles. The van der Waals surface area contributed by atoms with Crippen molar-refractivity contribution in [1.82, 2.24) is 10.6 Å². The Morgan fingerprint density at radius 3 is 2.46 bits per heavy atom. The summed E-state index contributed by atoms with van der Waals surface area (Å²) in [4.78, 5) is 16.6. The number of guanidine groups is 1. The summed E-state index contributed by atoms with van der Waals surface area (Å²) in [5.41, 5.74) is 1.82. The zero-order valence-corrected chi connectivity index (χ0v) is 17.6. The number of carbonyl (C=O) groups excluding carboxylic acids is 1. The summed E-state index contributed by atoms with van der Waals surface area (Å²) in [6, 6.07) is 17.3. The predicted octanol–water partition coefficient (Wildman–Crippen LogP) is 3.11. The highest BCUT2D eigenvalue weighted by Crippen LogP contribution is 2.15. The molecule has 2 aromatic rings. The first-order valence-corrected chi connectivity index (χ1v) is 10.1. The normalized spacial score (nSPS) is 12.3. The molecule has 7 heteroatoms. The first kappa shape index (κ1) is 21.9. The Morgan fingerprint density at radius 1 is 1.11 bits per heavy atom. The van der Waals surface area contributed by atoms with Gasteiger partial charge < -0.3 is 21.1 Å². The second-order valence-corrected chi connectivity index (χ2v) is 7.16. The fourth-order valence-electron chi connectivity index (χ4n) is 2.59. The summed E-state index contributed by atoms with van der Waals surface area (Å²) >= 11 is 3.37. The lowest BCUT2D eigenvalue weighted by Crippen LogP contribution is -2.39. The molecule has 0 radical (unpaired) electrons. The van der Waals surface area contributed by atoms with E-state index in [9.17, 15) is 9.90 Å². The molecule has 150 valence electrons. The van der Waals surface area contributed by atoms with Crippen molar-refractivity contribution in [3.8, 4) is 0 Å². The largest absolute Gasteiger partial charge is 0.396 e. The van der Waals surface area contributed by atoms with Gasteiger partial charge in [0.2, 0.25) is 5.91 Å². The zero-order valence-electron chi connectivity index (χ0n) is 16.0. The minimum absolute atomic E-state index is 0.0303. The quantitative estimate of drug-likeness (QED) is 0.352. The molecule has 28 heavy (non-hydrogen) atoms. The Balaban J connectivity index is 1.83. The highest BCUT2D eigenvalue weighted by Gasteiger charge is 2.10. The number of aliphatic hydroxyl groups is 1. The zero-order chi connectivity index (χ0) is 20.2. The van der Waals surface area contributed by atoms with Crippen LogP contribution >= 0.6 is 15.9 Å². The van der Waals surface area contributed by atoms with Crippen LogP contribution in [0.15, 0.2) is 64.1 Å². The number of anilines is 1. The van der Waals surface area contributed by atoms with Gasteiger partial charge in [-0.1, -0.05) is 46.3 Å². The molecule has 0 aromatic heterocycles. The van der Waals surface area contributed by atoms with Crippen LogP contribution in [0.1, 0.15) is 24.8 Å². The molecular weight excluding hydrogens is 420 g/mol. The van der Waals surface area contributed by atoms with E-state index in [1.54, 1.807) is 0 Å². The molecule has 0 aliphatic rings. The first-order valence-electron chi connectivity index (χ1n) is 9.35. The number of aliphatic hydroxyl groups excluding tert-OH is 1. The van der Waals surface area contributed by atoms with Gasteiger partial charge in [-0.2, -0.15) is 0 Å². The maximum absolute atomic E-state index is 12.1. The van der Waals surface area contributed by atoms with Crippen LogP contribution in [0.5, 0.6) is 0 Å². The maximum atomic E-state index is 12.1. The van der Waals surface area contributed by atoms with Gasteiger partial charge in [0.05, 0.1) is 13.2 Å². The Bertz CT molecular complexity index is 751. The fourth-order valence-corrected chi connectivity index (χ4v) is 2.85. The molecule has 0 heterocycles. The van der Waals surface area contributed by atoms with Crippen LogP contribution in [0.2, 0.25) is 0 Å². The monoisotopic (exact) mass is 446 g/mol. The van der Waals surface area contributed by atoms with Gasteiger partial charge in [-0.3, -0.25) is 9.79 Å². The average Bonchev–Trinajstić information content (AvgIpc) is 2.71. The van der Waals surface area contributed by atoms with Crippen molar-refractivity contribution in [1.29, 1.82) is 0 Å². The van der Waals surface area contributed by atoms with Crippen LogP contribution < -0.4 is 16.0 Å². The van der Waals surface area contributed by atoms with Gasteiger partial charge in [0.1, 0.15) is 0 Å². The van der Waals surface area contributed by atoms with Gasteiger partial charge in [0.15, 0.2) is 5.96 Å². The van der Waals surface area contributed by atoms with Crippen LogP contribution in [-0.4, -0.2) is 43.2 Å². The molecule has 4 N–H and O–H groups in total. The van der Waals surface area contributed by atoms with Crippen molar-refractivity contribution in [2.75, 3.05) is 31.6 Å². The summed E-state index contributed by atoms with van der Waals surface area (Å²) in [7, 11) is 0. The van der Waals surface area contributed by atoms with E-state index in [-0.39, 0.29) is 18.4 Å². The van der Waals surface area contributed by atoms with E-state index in [1.165, 1.54) is 0 Å². The average molecular weight is 447 g/mol. The number of amides is 1. The van der Waals surface area contributed by atoms with Crippen LogP contribution in [0, 0.1) is 0 Å². The third kappa shape index (κ3) is 7.70. The van der Waals surface area contributed by atoms with E-state index in [0.29, 0.717) is 32.0 Å². The van der Waals surface area contributed by atoms with Crippen LogP contribution in [0.25, 0.3) is 0 Å². The van der Waals surface area contributed by atoms with E-state index >= 15 is 0 Å². The van der Waals surface area contributed by atoms with Gasteiger partial charge in [-0.05, 0) is 36.8 Å². The second-order valence-electron chi connectivity index (χ2n) is 6.24. The third-order valence-electron chi connectivity index (χ3n) is 4.08. The van der Waals surface area contributed by atoms with Gasteiger partial charge in [-0.15, -0.1) is 0 Å². The van der Waals surface area contributed by atoms with Crippen molar-refractivity contribution in [3.05, 3.63) is 64.6 Å². The summed E-state index contributed by atoms with van der Waals surface area (Å²) in [6.45, 7) is 3.65. The van der Waals surface area contributed by atoms with Gasteiger partial charge in [0.25, 0.3) is 0 Å². The fraction of sp³-hybridized carbons (Fsp3) is 0.333. The van der Waals surface area contributed by atoms with Crippen molar-refractivity contribution >= 4 is 33.5 Å². The Kier molecular flexibility index (Phi) is 9.51. The highest BCUT2D eigenvalue weighted by molar-refractivity contribution is 9.10. The van der Waals surface area contributed by atoms with Crippen molar-refractivity contribution in [3.63, 3.8) is 0 Å². The van der Waals surface area contributed by atoms with Gasteiger partial charge in [-0.25, -0.2) is 0 Å². The van der Waals surface area contributed by atoms with E-state index in [4.69, 9.17) is 0 Å². The molecule has 0 aliphatic heterocycles. The van der Waals surface area contributed by atoms with Crippen molar-refractivity contribution < 1.29 is 9.90 Å². The first-order chi connectivity index (χ1) is 13.6. The topological polar surface area (TPSA) is 85.8 Å². The maximum Gasteiger partial charge on any atom is 0.226 e. The number of rotatable bonds is 9. The molecule has 2 rings (SSSR count). The van der Waals surface area contributed by atoms with Crippen molar-refractivity contribution in [2.45, 2.75) is 19.3 Å². The molecule has 0 fully saturated rings. The van der Waals surface area contributed by atoms with E-state index < -0.39 is 0 Å². The Morgan fingerprint density at radius 2 is 1.82 bits per heavy atom. The molecule has 0 spiro atoms. The number of halogens is 1. The number of hydrogen-bond donors (Lipinski definition) is 4. The minimum atomic E-state index is -0.0665. The molecule has 0 saturated heterocycles. The van der Waals surface area contributed by atoms with E-state index in [0.717, 1.165) is 15.7 Å².